The highest BCUT2D eigenvalue weighted by Crippen LogP contribution is 2.37. The van der Waals surface area contributed by atoms with Gasteiger partial charge in [-0.1, -0.05) is 42.5 Å². The Balaban J connectivity index is 1.94. The Labute approximate surface area is 105 Å². The zero-order valence-corrected chi connectivity index (χ0v) is 9.67. The summed E-state index contributed by atoms with van der Waals surface area (Å²) in [6.45, 7) is 0. The molecule has 90 valence electrons. The van der Waals surface area contributed by atoms with Crippen molar-refractivity contribution in [3.05, 3.63) is 65.2 Å². The zero-order valence-electron chi connectivity index (χ0n) is 9.67. The van der Waals surface area contributed by atoms with Gasteiger partial charge in [0.25, 0.3) is 0 Å². The molecule has 1 heterocycles. The summed E-state index contributed by atoms with van der Waals surface area (Å²) < 4.78 is 5.32. The van der Waals surface area contributed by atoms with Crippen LogP contribution in [0.5, 0.6) is 5.75 Å². The molecule has 0 aromatic heterocycles. The van der Waals surface area contributed by atoms with E-state index in [1.54, 1.807) is 6.07 Å². The molecule has 3 rings (SSSR count). The van der Waals surface area contributed by atoms with Gasteiger partial charge in [-0.15, -0.1) is 0 Å². The number of hydrogen-bond acceptors (Lipinski definition) is 3. The summed E-state index contributed by atoms with van der Waals surface area (Å²) in [5, 5.41) is 9.68. The topological polar surface area (TPSA) is 46.5 Å². The van der Waals surface area contributed by atoms with E-state index in [-0.39, 0.29) is 11.9 Å². The molecule has 0 radical (unpaired) electrons. The summed E-state index contributed by atoms with van der Waals surface area (Å²) in [4.78, 5) is 11.7. The summed E-state index contributed by atoms with van der Waals surface area (Å²) in [5.74, 6) is -0.447. The van der Waals surface area contributed by atoms with Crippen LogP contribution >= 0.6 is 0 Å². The average Bonchev–Trinajstić information content (AvgIpc) is 2.69. The maximum atomic E-state index is 11.7. The fraction of sp³-hybridized carbons (Fsp3) is 0.133. The summed E-state index contributed by atoms with van der Waals surface area (Å²) in [5.41, 5.74) is 2.17. The second-order valence-electron chi connectivity index (χ2n) is 4.33. The van der Waals surface area contributed by atoms with Crippen LogP contribution in [0.25, 0.3) is 0 Å². The molecule has 1 aliphatic rings. The number of ether oxygens (including phenoxy) is 1. The number of phenolic OH excluding ortho intramolecular Hbond substituents is 1. The minimum absolute atomic E-state index is 0.00642. The van der Waals surface area contributed by atoms with Crippen LogP contribution in [0.2, 0.25) is 0 Å². The molecule has 1 aliphatic heterocycles. The van der Waals surface area contributed by atoms with Gasteiger partial charge >= 0.3 is 5.97 Å². The van der Waals surface area contributed by atoms with Crippen LogP contribution in [0.3, 0.4) is 0 Å². The highest BCUT2D eigenvalue weighted by molar-refractivity contribution is 5.96. The van der Waals surface area contributed by atoms with Crippen molar-refractivity contribution in [1.29, 1.82) is 0 Å². The molecular weight excluding hydrogens is 228 g/mol. The molecule has 2 aromatic carbocycles. The lowest BCUT2D eigenvalue weighted by atomic mass is 9.99. The first kappa shape index (κ1) is 10.8. The van der Waals surface area contributed by atoms with Gasteiger partial charge in [-0.3, -0.25) is 0 Å². The van der Waals surface area contributed by atoms with Gasteiger partial charge in [-0.2, -0.15) is 0 Å². The minimum Gasteiger partial charge on any atom is -0.507 e. The van der Waals surface area contributed by atoms with Gasteiger partial charge in [0.1, 0.15) is 17.4 Å². The van der Waals surface area contributed by atoms with Gasteiger partial charge in [-0.05, 0) is 11.6 Å². The van der Waals surface area contributed by atoms with Gasteiger partial charge in [0.2, 0.25) is 0 Å². The van der Waals surface area contributed by atoms with Crippen LogP contribution in [0, 0.1) is 0 Å². The van der Waals surface area contributed by atoms with Crippen molar-refractivity contribution in [1.82, 2.24) is 0 Å². The summed E-state index contributed by atoms with van der Waals surface area (Å²) in [6, 6.07) is 14.9. The van der Waals surface area contributed by atoms with E-state index in [1.165, 1.54) is 6.07 Å². The quantitative estimate of drug-likeness (QED) is 0.821. The number of cyclic esters (lactones) is 1. The monoisotopic (exact) mass is 240 g/mol. The second kappa shape index (κ2) is 4.18. The molecule has 1 atom stereocenters. The molecule has 3 heteroatoms. The van der Waals surface area contributed by atoms with Crippen LogP contribution in [-0.2, 0) is 11.2 Å². The number of esters is 1. The Morgan fingerprint density at radius 3 is 2.61 bits per heavy atom. The Kier molecular flexibility index (Phi) is 2.52. The molecule has 1 N–H and O–H groups in total. The number of rotatable bonds is 2. The fourth-order valence-electron chi connectivity index (χ4n) is 2.28. The van der Waals surface area contributed by atoms with Gasteiger partial charge < -0.3 is 9.84 Å². The van der Waals surface area contributed by atoms with E-state index >= 15 is 0 Å². The van der Waals surface area contributed by atoms with E-state index in [1.807, 2.05) is 36.4 Å². The van der Waals surface area contributed by atoms with Crippen molar-refractivity contribution in [2.24, 2.45) is 0 Å². The third-order valence-corrected chi connectivity index (χ3v) is 3.14. The van der Waals surface area contributed by atoms with Crippen LogP contribution in [-0.4, -0.2) is 11.1 Å². The number of carbonyl (C=O) groups excluding carboxylic acids is 1. The number of phenols is 1. The smallest absolute Gasteiger partial charge is 0.342 e. The fourth-order valence-corrected chi connectivity index (χ4v) is 2.28. The van der Waals surface area contributed by atoms with E-state index in [0.29, 0.717) is 12.0 Å². The van der Waals surface area contributed by atoms with Gasteiger partial charge in [0, 0.05) is 12.0 Å². The van der Waals surface area contributed by atoms with Crippen molar-refractivity contribution >= 4 is 5.97 Å². The Bertz CT molecular complexity index is 590. The van der Waals surface area contributed by atoms with E-state index in [2.05, 4.69) is 0 Å². The molecule has 0 spiro atoms. The summed E-state index contributed by atoms with van der Waals surface area (Å²) in [7, 11) is 0. The molecule has 0 saturated carbocycles. The van der Waals surface area contributed by atoms with Crippen LogP contribution in [0.15, 0.2) is 48.5 Å². The van der Waals surface area contributed by atoms with Crippen molar-refractivity contribution in [3.8, 4) is 5.75 Å². The van der Waals surface area contributed by atoms with E-state index in [4.69, 9.17) is 4.74 Å². The van der Waals surface area contributed by atoms with E-state index in [9.17, 15) is 9.90 Å². The minimum atomic E-state index is -0.441. The highest BCUT2D eigenvalue weighted by Gasteiger charge is 2.33. The third kappa shape index (κ3) is 1.74. The van der Waals surface area contributed by atoms with Crippen LogP contribution in [0.1, 0.15) is 27.6 Å². The maximum Gasteiger partial charge on any atom is 0.342 e. The first-order valence-corrected chi connectivity index (χ1v) is 5.82. The molecule has 0 saturated heterocycles. The average molecular weight is 240 g/mol. The molecule has 0 bridgehead atoms. The molecular formula is C15H12O3. The van der Waals surface area contributed by atoms with Crippen molar-refractivity contribution in [2.45, 2.75) is 12.5 Å². The van der Waals surface area contributed by atoms with Crippen molar-refractivity contribution < 1.29 is 14.6 Å². The molecule has 18 heavy (non-hydrogen) atoms. The van der Waals surface area contributed by atoms with Crippen LogP contribution in [0.4, 0.5) is 0 Å². The molecule has 0 fully saturated rings. The summed E-state index contributed by atoms with van der Waals surface area (Å²) >= 11 is 0. The van der Waals surface area contributed by atoms with E-state index < -0.39 is 5.97 Å². The lowest BCUT2D eigenvalue weighted by Crippen LogP contribution is -2.02. The number of carbonyl (C=O) groups is 1. The van der Waals surface area contributed by atoms with Crippen molar-refractivity contribution in [2.75, 3.05) is 0 Å². The second-order valence-corrected chi connectivity index (χ2v) is 4.33. The first-order valence-electron chi connectivity index (χ1n) is 5.82. The Morgan fingerprint density at radius 2 is 1.83 bits per heavy atom. The van der Waals surface area contributed by atoms with Gasteiger partial charge in [0.05, 0.1) is 0 Å². The first-order chi connectivity index (χ1) is 8.75. The van der Waals surface area contributed by atoms with Crippen LogP contribution < -0.4 is 0 Å². The van der Waals surface area contributed by atoms with Gasteiger partial charge in [0.15, 0.2) is 0 Å². The lowest BCUT2D eigenvalue weighted by Gasteiger charge is -2.10. The standard InChI is InChI=1S/C15H12O3/c16-12-8-4-7-11-13(18-15(17)14(11)12)9-10-5-2-1-3-6-10/h1-8,13,16H,9H2/t13-/m1/s1. The maximum absolute atomic E-state index is 11.7. The summed E-state index contributed by atoms with van der Waals surface area (Å²) in [6.07, 6.45) is 0.324. The number of aromatic hydroxyl groups is 1. The molecule has 2 aromatic rings. The predicted molar refractivity (Wildman–Crippen MR) is 66.4 cm³/mol. The Hall–Kier alpha value is -2.29. The lowest BCUT2D eigenvalue weighted by molar-refractivity contribution is 0.0385. The third-order valence-electron chi connectivity index (χ3n) is 3.14. The highest BCUT2D eigenvalue weighted by atomic mass is 16.5. The molecule has 0 aliphatic carbocycles. The number of benzene rings is 2. The van der Waals surface area contributed by atoms with E-state index in [0.717, 1.165) is 11.1 Å². The van der Waals surface area contributed by atoms with Gasteiger partial charge in [-0.25, -0.2) is 4.79 Å². The Morgan fingerprint density at radius 1 is 1.06 bits per heavy atom. The number of fused-ring (bicyclic) bond motifs is 1. The number of hydrogen-bond donors (Lipinski definition) is 1. The normalized spacial score (nSPS) is 17.3. The zero-order chi connectivity index (χ0) is 12.5. The molecule has 3 nitrogen and oxygen atoms in total. The largest absolute Gasteiger partial charge is 0.507 e. The molecule has 0 unspecified atom stereocenters. The predicted octanol–water partition coefficient (Wildman–Crippen LogP) is 2.85. The SMILES string of the molecule is O=C1O[C@H](Cc2ccccc2)c2cccc(O)c21. The molecule has 0 amide bonds. The van der Waals surface area contributed by atoms with Crippen molar-refractivity contribution in [3.63, 3.8) is 0 Å².